The van der Waals surface area contributed by atoms with Gasteiger partial charge in [0, 0.05) is 22.9 Å². The Balaban J connectivity index is 2.27. The molecule has 0 saturated heterocycles. The standard InChI is InChI=1S/C13H14BrN3O2S/c1-9-6-11(3-4-12(9)14)17-20(18,19)13-5-2-10(7-15)8-16-13/h2-6,8,17H,7,15H2,1H3. The first-order chi connectivity index (χ1) is 9.42. The highest BCUT2D eigenvalue weighted by Gasteiger charge is 2.15. The van der Waals surface area contributed by atoms with Gasteiger partial charge in [0.15, 0.2) is 5.03 Å². The van der Waals surface area contributed by atoms with Gasteiger partial charge in [-0.1, -0.05) is 22.0 Å². The van der Waals surface area contributed by atoms with Crippen LogP contribution in [0, 0.1) is 6.92 Å². The molecule has 2 rings (SSSR count). The highest BCUT2D eigenvalue weighted by Crippen LogP contribution is 2.22. The van der Waals surface area contributed by atoms with Gasteiger partial charge in [-0.25, -0.2) is 4.98 Å². The van der Waals surface area contributed by atoms with Crippen molar-refractivity contribution >= 4 is 31.6 Å². The van der Waals surface area contributed by atoms with E-state index < -0.39 is 10.0 Å². The van der Waals surface area contributed by atoms with Crippen LogP contribution in [0.5, 0.6) is 0 Å². The molecular weight excluding hydrogens is 342 g/mol. The van der Waals surface area contributed by atoms with E-state index in [1.165, 1.54) is 12.3 Å². The van der Waals surface area contributed by atoms with Crippen molar-refractivity contribution < 1.29 is 8.42 Å². The zero-order chi connectivity index (χ0) is 14.8. The molecule has 0 atom stereocenters. The molecule has 0 saturated carbocycles. The Kier molecular flexibility index (Phi) is 4.42. The van der Waals surface area contributed by atoms with Gasteiger partial charge in [0.25, 0.3) is 10.0 Å². The van der Waals surface area contributed by atoms with Crippen molar-refractivity contribution in [3.8, 4) is 0 Å². The second-order valence-corrected chi connectivity index (χ2v) is 6.76. The highest BCUT2D eigenvalue weighted by molar-refractivity contribution is 9.10. The van der Waals surface area contributed by atoms with E-state index in [9.17, 15) is 8.42 Å². The Labute approximate surface area is 126 Å². The van der Waals surface area contributed by atoms with Gasteiger partial charge in [0.1, 0.15) is 0 Å². The van der Waals surface area contributed by atoms with Gasteiger partial charge >= 0.3 is 0 Å². The number of hydrogen-bond donors (Lipinski definition) is 2. The van der Waals surface area contributed by atoms with Crippen LogP contribution in [0.1, 0.15) is 11.1 Å². The molecule has 1 heterocycles. The summed E-state index contributed by atoms with van der Waals surface area (Å²) in [6.07, 6.45) is 1.46. The molecule has 0 aliphatic rings. The van der Waals surface area contributed by atoms with E-state index in [2.05, 4.69) is 25.6 Å². The maximum Gasteiger partial charge on any atom is 0.279 e. The maximum atomic E-state index is 12.2. The summed E-state index contributed by atoms with van der Waals surface area (Å²) >= 11 is 3.37. The maximum absolute atomic E-state index is 12.2. The Hall–Kier alpha value is -1.44. The Morgan fingerprint density at radius 1 is 1.30 bits per heavy atom. The SMILES string of the molecule is Cc1cc(NS(=O)(=O)c2ccc(CN)cn2)ccc1Br. The smallest absolute Gasteiger partial charge is 0.279 e. The molecule has 5 nitrogen and oxygen atoms in total. The van der Waals surface area contributed by atoms with E-state index in [1.807, 2.05) is 6.92 Å². The summed E-state index contributed by atoms with van der Waals surface area (Å²) in [6.45, 7) is 2.21. The lowest BCUT2D eigenvalue weighted by molar-refractivity contribution is 0.597. The Morgan fingerprint density at radius 2 is 2.05 bits per heavy atom. The molecule has 0 unspecified atom stereocenters. The zero-order valence-electron chi connectivity index (χ0n) is 10.8. The van der Waals surface area contributed by atoms with Crippen LogP contribution >= 0.6 is 15.9 Å². The van der Waals surface area contributed by atoms with Crippen molar-refractivity contribution in [2.24, 2.45) is 5.73 Å². The normalized spacial score (nSPS) is 11.3. The van der Waals surface area contributed by atoms with Crippen molar-refractivity contribution in [2.75, 3.05) is 4.72 Å². The Morgan fingerprint density at radius 3 is 2.60 bits per heavy atom. The second-order valence-electron chi connectivity index (χ2n) is 4.28. The third kappa shape index (κ3) is 3.36. The molecule has 3 N–H and O–H groups in total. The van der Waals surface area contributed by atoms with Gasteiger partial charge in [-0.3, -0.25) is 4.72 Å². The van der Waals surface area contributed by atoms with Crippen LogP contribution in [0.4, 0.5) is 5.69 Å². The fraction of sp³-hybridized carbons (Fsp3) is 0.154. The predicted octanol–water partition coefficient (Wildman–Crippen LogP) is 2.41. The summed E-state index contributed by atoms with van der Waals surface area (Å²) in [5.74, 6) is 0. The topological polar surface area (TPSA) is 85.1 Å². The van der Waals surface area contributed by atoms with Crippen molar-refractivity contribution in [2.45, 2.75) is 18.5 Å². The van der Waals surface area contributed by atoms with Crippen LogP contribution < -0.4 is 10.5 Å². The lowest BCUT2D eigenvalue weighted by Crippen LogP contribution is -2.14. The number of rotatable bonds is 4. The molecule has 0 bridgehead atoms. The summed E-state index contributed by atoms with van der Waals surface area (Å²) in [5.41, 5.74) is 7.67. The quantitative estimate of drug-likeness (QED) is 0.881. The fourth-order valence-electron chi connectivity index (χ4n) is 1.61. The third-order valence-electron chi connectivity index (χ3n) is 2.72. The molecule has 2 aromatic rings. The number of nitrogens with one attached hydrogen (secondary N) is 1. The minimum atomic E-state index is -3.69. The van der Waals surface area contributed by atoms with Gasteiger partial charge in [0.05, 0.1) is 0 Å². The van der Waals surface area contributed by atoms with Crippen LogP contribution in [0.15, 0.2) is 46.0 Å². The molecule has 0 aliphatic carbocycles. The fourth-order valence-corrected chi connectivity index (χ4v) is 2.83. The lowest BCUT2D eigenvalue weighted by atomic mass is 10.2. The molecule has 7 heteroatoms. The molecule has 0 fully saturated rings. The van der Waals surface area contributed by atoms with Gasteiger partial charge in [0.2, 0.25) is 0 Å². The minimum absolute atomic E-state index is 0.0322. The van der Waals surface area contributed by atoms with E-state index >= 15 is 0 Å². The molecule has 0 amide bonds. The van der Waals surface area contributed by atoms with Crippen LogP contribution in [0.2, 0.25) is 0 Å². The first kappa shape index (κ1) is 15.0. The van der Waals surface area contributed by atoms with Gasteiger partial charge in [-0.2, -0.15) is 8.42 Å². The van der Waals surface area contributed by atoms with E-state index in [1.54, 1.807) is 24.3 Å². The van der Waals surface area contributed by atoms with Crippen LogP contribution in [0.3, 0.4) is 0 Å². The summed E-state index contributed by atoms with van der Waals surface area (Å²) in [6, 6.07) is 8.31. The largest absolute Gasteiger partial charge is 0.326 e. The number of halogens is 1. The van der Waals surface area contributed by atoms with E-state index in [0.717, 1.165) is 15.6 Å². The molecule has 1 aromatic heterocycles. The average molecular weight is 356 g/mol. The molecule has 0 radical (unpaired) electrons. The summed E-state index contributed by atoms with van der Waals surface area (Å²) in [7, 11) is -3.69. The third-order valence-corrected chi connectivity index (χ3v) is 4.91. The van der Waals surface area contributed by atoms with Crippen LogP contribution in [-0.2, 0) is 16.6 Å². The van der Waals surface area contributed by atoms with E-state index in [0.29, 0.717) is 12.2 Å². The van der Waals surface area contributed by atoms with Gasteiger partial charge in [-0.15, -0.1) is 0 Å². The highest BCUT2D eigenvalue weighted by atomic mass is 79.9. The number of aromatic nitrogens is 1. The predicted molar refractivity (Wildman–Crippen MR) is 81.8 cm³/mol. The molecule has 0 spiro atoms. The van der Waals surface area contributed by atoms with Crippen molar-refractivity contribution in [3.63, 3.8) is 0 Å². The number of sulfonamides is 1. The lowest BCUT2D eigenvalue weighted by Gasteiger charge is -2.09. The number of anilines is 1. The second kappa shape index (κ2) is 5.90. The average Bonchev–Trinajstić information content (AvgIpc) is 2.43. The number of aryl methyl sites for hydroxylation is 1. The summed E-state index contributed by atoms with van der Waals surface area (Å²) < 4.78 is 27.8. The van der Waals surface area contributed by atoms with Crippen LogP contribution in [0.25, 0.3) is 0 Å². The molecule has 0 aliphatic heterocycles. The van der Waals surface area contributed by atoms with Crippen LogP contribution in [-0.4, -0.2) is 13.4 Å². The summed E-state index contributed by atoms with van der Waals surface area (Å²) in [5, 5.41) is -0.0322. The zero-order valence-corrected chi connectivity index (χ0v) is 13.2. The van der Waals surface area contributed by atoms with Crippen molar-refractivity contribution in [3.05, 3.63) is 52.1 Å². The van der Waals surface area contributed by atoms with E-state index in [4.69, 9.17) is 5.73 Å². The minimum Gasteiger partial charge on any atom is -0.326 e. The Bertz CT molecular complexity index is 715. The van der Waals surface area contributed by atoms with Crippen molar-refractivity contribution in [1.29, 1.82) is 0 Å². The number of pyridine rings is 1. The molecule has 106 valence electrons. The van der Waals surface area contributed by atoms with Gasteiger partial charge in [-0.05, 0) is 42.3 Å². The molecule has 1 aromatic carbocycles. The number of nitrogens with zero attached hydrogens (tertiary/aromatic N) is 1. The summed E-state index contributed by atoms with van der Waals surface area (Å²) in [4.78, 5) is 3.92. The monoisotopic (exact) mass is 355 g/mol. The first-order valence-corrected chi connectivity index (χ1v) is 8.14. The van der Waals surface area contributed by atoms with E-state index in [-0.39, 0.29) is 5.03 Å². The molecule has 20 heavy (non-hydrogen) atoms. The number of nitrogens with two attached hydrogens (primary N) is 1. The first-order valence-electron chi connectivity index (χ1n) is 5.86. The van der Waals surface area contributed by atoms with Gasteiger partial charge < -0.3 is 5.73 Å². The number of benzene rings is 1. The van der Waals surface area contributed by atoms with Crippen molar-refractivity contribution in [1.82, 2.24) is 4.98 Å². The molecular formula is C13H14BrN3O2S. The number of hydrogen-bond acceptors (Lipinski definition) is 4.